The number of anilines is 1. The van der Waals surface area contributed by atoms with Gasteiger partial charge >= 0.3 is 6.09 Å². The highest BCUT2D eigenvalue weighted by molar-refractivity contribution is 6.32. The van der Waals surface area contributed by atoms with Gasteiger partial charge in [0.05, 0.1) is 18.8 Å². The van der Waals surface area contributed by atoms with Crippen LogP contribution in [0.25, 0.3) is 6.08 Å². The molecule has 4 rings (SSSR count). The van der Waals surface area contributed by atoms with Crippen LogP contribution < -0.4 is 4.90 Å². The summed E-state index contributed by atoms with van der Waals surface area (Å²) in [5, 5.41) is 5.54. The van der Waals surface area contributed by atoms with Gasteiger partial charge in [0.2, 0.25) is 0 Å². The quantitative estimate of drug-likeness (QED) is 0.368. The van der Waals surface area contributed by atoms with Crippen molar-refractivity contribution in [3.05, 3.63) is 87.2 Å². The van der Waals surface area contributed by atoms with E-state index in [0.717, 1.165) is 5.56 Å². The Morgan fingerprint density at radius 3 is 2.74 bits per heavy atom. The fourth-order valence-corrected chi connectivity index (χ4v) is 3.85. The van der Waals surface area contributed by atoms with Crippen molar-refractivity contribution in [2.75, 3.05) is 18.1 Å². The number of cyclic esters (lactones) is 1. The van der Waals surface area contributed by atoms with E-state index in [4.69, 9.17) is 27.9 Å². The standard InChI is InChI=1S/C23H19Cl2N3O3/c1-15-19(22(25)28(26-15)14-17-5-2-3-8-20(17)24)9-10-21(29)16-6-4-7-18(13-16)27-11-12-31-23(27)30/h2-10,13H,11-12,14H2,1H3/b10-9+. The summed E-state index contributed by atoms with van der Waals surface area (Å²) < 4.78 is 6.61. The lowest BCUT2D eigenvalue weighted by atomic mass is 10.1. The van der Waals surface area contributed by atoms with Gasteiger partial charge in [-0.2, -0.15) is 5.10 Å². The monoisotopic (exact) mass is 455 g/mol. The molecule has 2 heterocycles. The Morgan fingerprint density at radius 1 is 1.19 bits per heavy atom. The molecule has 1 saturated heterocycles. The lowest BCUT2D eigenvalue weighted by Gasteiger charge is -2.13. The Bertz CT molecular complexity index is 1190. The van der Waals surface area contributed by atoms with E-state index in [1.54, 1.807) is 35.0 Å². The highest BCUT2D eigenvalue weighted by Crippen LogP contribution is 2.25. The average Bonchev–Trinajstić information content (AvgIpc) is 3.31. The SMILES string of the molecule is Cc1nn(Cc2ccccc2Cl)c(Cl)c1/C=C/C(=O)c1cccc(N2CCOC2=O)c1. The van der Waals surface area contributed by atoms with Gasteiger partial charge in [-0.3, -0.25) is 9.69 Å². The van der Waals surface area contributed by atoms with E-state index in [9.17, 15) is 9.59 Å². The third-order valence-corrected chi connectivity index (χ3v) is 5.76. The number of nitrogens with zero attached hydrogens (tertiary/aromatic N) is 3. The highest BCUT2D eigenvalue weighted by atomic mass is 35.5. The van der Waals surface area contributed by atoms with E-state index in [-0.39, 0.29) is 5.78 Å². The first-order valence-electron chi connectivity index (χ1n) is 9.67. The first-order valence-corrected chi connectivity index (χ1v) is 10.4. The molecule has 1 aliphatic rings. The van der Waals surface area contributed by atoms with Gasteiger partial charge < -0.3 is 4.74 Å². The topological polar surface area (TPSA) is 64.4 Å². The molecule has 2 aromatic carbocycles. The van der Waals surface area contributed by atoms with Crippen molar-refractivity contribution in [1.82, 2.24) is 9.78 Å². The fourth-order valence-electron chi connectivity index (χ4n) is 3.36. The average molecular weight is 456 g/mol. The summed E-state index contributed by atoms with van der Waals surface area (Å²) in [7, 11) is 0. The van der Waals surface area contributed by atoms with Gasteiger partial charge in [-0.1, -0.05) is 53.5 Å². The van der Waals surface area contributed by atoms with E-state index in [1.807, 2.05) is 31.2 Å². The van der Waals surface area contributed by atoms with Crippen molar-refractivity contribution in [3.8, 4) is 0 Å². The van der Waals surface area contributed by atoms with Gasteiger partial charge in [-0.25, -0.2) is 9.48 Å². The maximum absolute atomic E-state index is 12.7. The van der Waals surface area contributed by atoms with E-state index < -0.39 is 6.09 Å². The van der Waals surface area contributed by atoms with Gasteiger partial charge in [0.15, 0.2) is 5.78 Å². The van der Waals surface area contributed by atoms with Crippen molar-refractivity contribution in [3.63, 3.8) is 0 Å². The highest BCUT2D eigenvalue weighted by Gasteiger charge is 2.24. The number of benzene rings is 2. The van der Waals surface area contributed by atoms with Crippen LogP contribution in [0.1, 0.15) is 27.2 Å². The largest absolute Gasteiger partial charge is 0.447 e. The maximum atomic E-state index is 12.7. The second kappa shape index (κ2) is 8.96. The number of allylic oxidation sites excluding steroid dienone is 1. The Kier molecular flexibility index (Phi) is 6.11. The number of ether oxygens (including phenoxy) is 1. The first-order chi connectivity index (χ1) is 14.9. The number of amides is 1. The number of hydrogen-bond donors (Lipinski definition) is 0. The number of carbonyl (C=O) groups is 2. The number of rotatable bonds is 6. The lowest BCUT2D eigenvalue weighted by molar-refractivity contribution is 0.104. The van der Waals surface area contributed by atoms with Crippen LogP contribution in [0.2, 0.25) is 10.2 Å². The van der Waals surface area contributed by atoms with Gasteiger partial charge in [0.25, 0.3) is 0 Å². The molecular formula is C23H19Cl2N3O3. The third kappa shape index (κ3) is 4.50. The minimum absolute atomic E-state index is 0.205. The Balaban J connectivity index is 1.54. The van der Waals surface area contributed by atoms with E-state index >= 15 is 0 Å². The Morgan fingerprint density at radius 2 is 2.00 bits per heavy atom. The first kappa shape index (κ1) is 21.2. The van der Waals surface area contributed by atoms with E-state index in [0.29, 0.717) is 52.4 Å². The maximum Gasteiger partial charge on any atom is 0.414 e. The smallest absolute Gasteiger partial charge is 0.414 e. The van der Waals surface area contributed by atoms with Crippen LogP contribution in [-0.2, 0) is 11.3 Å². The zero-order valence-electron chi connectivity index (χ0n) is 16.7. The van der Waals surface area contributed by atoms with Crippen molar-refractivity contribution in [2.24, 2.45) is 0 Å². The van der Waals surface area contributed by atoms with Gasteiger partial charge in [-0.05, 0) is 42.8 Å². The zero-order chi connectivity index (χ0) is 22.0. The molecule has 8 heteroatoms. The van der Waals surface area contributed by atoms with Crippen molar-refractivity contribution < 1.29 is 14.3 Å². The molecule has 0 unspecified atom stereocenters. The summed E-state index contributed by atoms with van der Waals surface area (Å²) >= 11 is 12.8. The second-order valence-electron chi connectivity index (χ2n) is 7.05. The molecule has 1 fully saturated rings. The lowest BCUT2D eigenvalue weighted by Crippen LogP contribution is -2.23. The molecule has 158 valence electrons. The van der Waals surface area contributed by atoms with Crippen molar-refractivity contribution in [2.45, 2.75) is 13.5 Å². The molecule has 6 nitrogen and oxygen atoms in total. The van der Waals surface area contributed by atoms with Gasteiger partial charge in [0.1, 0.15) is 11.8 Å². The molecule has 0 spiro atoms. The predicted molar refractivity (Wildman–Crippen MR) is 121 cm³/mol. The second-order valence-corrected chi connectivity index (χ2v) is 7.82. The normalized spacial score (nSPS) is 13.8. The molecule has 0 bridgehead atoms. The Labute approximate surface area is 189 Å². The number of hydrogen-bond acceptors (Lipinski definition) is 4. The molecule has 1 aliphatic heterocycles. The van der Waals surface area contributed by atoms with Crippen LogP contribution in [0.15, 0.2) is 54.6 Å². The summed E-state index contributed by atoms with van der Waals surface area (Å²) in [5.41, 5.74) is 3.36. The van der Waals surface area contributed by atoms with Crippen LogP contribution in [0.4, 0.5) is 10.5 Å². The molecule has 0 atom stereocenters. The van der Waals surface area contributed by atoms with Crippen LogP contribution >= 0.6 is 23.2 Å². The van der Waals surface area contributed by atoms with Crippen molar-refractivity contribution >= 4 is 46.8 Å². The van der Waals surface area contributed by atoms with Gasteiger partial charge in [0, 0.05) is 21.8 Å². The molecule has 31 heavy (non-hydrogen) atoms. The number of aromatic nitrogens is 2. The zero-order valence-corrected chi connectivity index (χ0v) is 18.2. The van der Waals surface area contributed by atoms with Crippen LogP contribution in [0.5, 0.6) is 0 Å². The Hall–Kier alpha value is -3.09. The summed E-state index contributed by atoms with van der Waals surface area (Å²) in [6.07, 6.45) is 2.71. The fraction of sp³-hybridized carbons (Fsp3) is 0.174. The number of ketones is 1. The molecule has 3 aromatic rings. The van der Waals surface area contributed by atoms with Gasteiger partial charge in [-0.15, -0.1) is 0 Å². The van der Waals surface area contributed by atoms with Crippen LogP contribution in [0.3, 0.4) is 0 Å². The van der Waals surface area contributed by atoms with Crippen molar-refractivity contribution in [1.29, 1.82) is 0 Å². The van der Waals surface area contributed by atoms with E-state index in [1.165, 1.54) is 11.0 Å². The summed E-state index contributed by atoms with van der Waals surface area (Å²) in [6, 6.07) is 14.4. The van der Waals surface area contributed by atoms with Crippen LogP contribution in [-0.4, -0.2) is 34.8 Å². The molecule has 0 saturated carbocycles. The number of aryl methyl sites for hydroxylation is 1. The number of carbonyl (C=O) groups excluding carboxylic acids is 2. The summed E-state index contributed by atoms with van der Waals surface area (Å²) in [6.45, 7) is 3.06. The summed E-state index contributed by atoms with van der Waals surface area (Å²) in [4.78, 5) is 26.0. The minimum Gasteiger partial charge on any atom is -0.447 e. The predicted octanol–water partition coefficient (Wildman–Crippen LogP) is 5.40. The van der Waals surface area contributed by atoms with E-state index in [2.05, 4.69) is 5.10 Å². The number of halogens is 2. The molecular weight excluding hydrogens is 437 g/mol. The molecule has 1 aromatic heterocycles. The molecule has 0 N–H and O–H groups in total. The molecule has 0 radical (unpaired) electrons. The third-order valence-electron chi connectivity index (χ3n) is 4.99. The summed E-state index contributed by atoms with van der Waals surface area (Å²) in [5.74, 6) is -0.205. The minimum atomic E-state index is -0.409. The van der Waals surface area contributed by atoms with Crippen LogP contribution in [0, 0.1) is 6.92 Å². The molecule has 1 amide bonds. The molecule has 0 aliphatic carbocycles.